The van der Waals surface area contributed by atoms with Gasteiger partial charge in [-0.15, -0.1) is 11.3 Å². The summed E-state index contributed by atoms with van der Waals surface area (Å²) in [6, 6.07) is 9.90. The average Bonchev–Trinajstić information content (AvgIpc) is 2.96. The van der Waals surface area contributed by atoms with Gasteiger partial charge in [-0.1, -0.05) is 6.07 Å². The Morgan fingerprint density at radius 1 is 1.00 bits per heavy atom. The molecule has 0 aliphatic carbocycles. The Hall–Kier alpha value is -2.67. The molecule has 0 spiro atoms. The SMILES string of the molecule is Cc1ccc2sc(-c3cc(C)cc4nc(OC(F)F)cnc34)nc2c1. The third kappa shape index (κ3) is 3.02. The molecule has 0 radical (unpaired) electrons. The van der Waals surface area contributed by atoms with Crippen LogP contribution in [0.3, 0.4) is 0 Å². The van der Waals surface area contributed by atoms with Crippen LogP contribution in [0.15, 0.2) is 36.5 Å². The molecule has 4 aromatic rings. The van der Waals surface area contributed by atoms with Crippen molar-refractivity contribution in [2.75, 3.05) is 0 Å². The van der Waals surface area contributed by atoms with Gasteiger partial charge in [0.15, 0.2) is 0 Å². The molecule has 2 aromatic heterocycles. The fourth-order valence-electron chi connectivity index (χ4n) is 2.71. The quantitative estimate of drug-likeness (QED) is 0.510. The minimum atomic E-state index is -2.93. The second kappa shape index (κ2) is 6.00. The number of hydrogen-bond acceptors (Lipinski definition) is 5. The van der Waals surface area contributed by atoms with E-state index in [4.69, 9.17) is 4.98 Å². The van der Waals surface area contributed by atoms with Crippen LogP contribution < -0.4 is 4.74 Å². The van der Waals surface area contributed by atoms with Crippen LogP contribution in [0.2, 0.25) is 0 Å². The van der Waals surface area contributed by atoms with Gasteiger partial charge >= 0.3 is 6.61 Å². The van der Waals surface area contributed by atoms with E-state index in [2.05, 4.69) is 14.7 Å². The van der Waals surface area contributed by atoms with Gasteiger partial charge in [-0.25, -0.2) is 15.0 Å². The maximum absolute atomic E-state index is 12.4. The standard InChI is InChI=1S/C18H13F2N3OS/c1-9-3-4-14-12(6-9)23-17(25-14)11-5-10(2)7-13-16(11)21-8-15(22-13)24-18(19)20/h3-8,18H,1-2H3. The van der Waals surface area contributed by atoms with Gasteiger partial charge in [0.1, 0.15) is 5.01 Å². The summed E-state index contributed by atoms with van der Waals surface area (Å²) in [5.41, 5.74) is 4.98. The molecule has 0 aliphatic heterocycles. The smallest absolute Gasteiger partial charge is 0.388 e. The lowest BCUT2D eigenvalue weighted by atomic mass is 10.1. The van der Waals surface area contributed by atoms with E-state index in [-0.39, 0.29) is 5.88 Å². The number of hydrogen-bond donors (Lipinski definition) is 0. The van der Waals surface area contributed by atoms with E-state index in [1.54, 1.807) is 17.4 Å². The van der Waals surface area contributed by atoms with Crippen LogP contribution >= 0.6 is 11.3 Å². The molecule has 25 heavy (non-hydrogen) atoms. The summed E-state index contributed by atoms with van der Waals surface area (Å²) in [5.74, 6) is -0.195. The molecule has 0 aliphatic rings. The summed E-state index contributed by atoms with van der Waals surface area (Å²) in [6.07, 6.45) is 1.21. The van der Waals surface area contributed by atoms with Crippen molar-refractivity contribution in [1.29, 1.82) is 0 Å². The molecule has 4 nitrogen and oxygen atoms in total. The van der Waals surface area contributed by atoms with Crippen LogP contribution in [0.25, 0.3) is 31.8 Å². The third-order valence-corrected chi connectivity index (χ3v) is 4.82. The normalized spacial score (nSPS) is 11.6. The maximum atomic E-state index is 12.4. The molecule has 2 aromatic carbocycles. The van der Waals surface area contributed by atoms with Crippen LogP contribution in [0.5, 0.6) is 5.88 Å². The monoisotopic (exact) mass is 357 g/mol. The minimum absolute atomic E-state index is 0.195. The zero-order chi connectivity index (χ0) is 17.6. The van der Waals surface area contributed by atoms with Crippen molar-refractivity contribution in [2.24, 2.45) is 0 Å². The first-order valence-corrected chi connectivity index (χ1v) is 8.41. The summed E-state index contributed by atoms with van der Waals surface area (Å²) < 4.78 is 30.2. The molecule has 0 N–H and O–H groups in total. The highest BCUT2D eigenvalue weighted by Gasteiger charge is 2.14. The molecule has 0 fully saturated rings. The number of alkyl halides is 2. The number of thiazole rings is 1. The largest absolute Gasteiger partial charge is 0.415 e. The summed E-state index contributed by atoms with van der Waals surface area (Å²) >= 11 is 1.57. The van der Waals surface area contributed by atoms with Gasteiger partial charge in [-0.3, -0.25) is 0 Å². The van der Waals surface area contributed by atoms with E-state index in [0.717, 1.165) is 31.9 Å². The molecular formula is C18H13F2N3OS. The summed E-state index contributed by atoms with van der Waals surface area (Å²) in [5, 5.41) is 0.825. The molecule has 0 saturated heterocycles. The van der Waals surface area contributed by atoms with Gasteiger partial charge in [0.2, 0.25) is 5.88 Å². The lowest BCUT2D eigenvalue weighted by Gasteiger charge is -2.07. The second-order valence-electron chi connectivity index (χ2n) is 5.76. The van der Waals surface area contributed by atoms with Crippen molar-refractivity contribution in [1.82, 2.24) is 15.0 Å². The minimum Gasteiger partial charge on any atom is -0.415 e. The highest BCUT2D eigenvalue weighted by Crippen LogP contribution is 2.35. The summed E-state index contributed by atoms with van der Waals surface area (Å²) in [7, 11) is 0. The topological polar surface area (TPSA) is 47.9 Å². The number of fused-ring (bicyclic) bond motifs is 2. The van der Waals surface area contributed by atoms with E-state index < -0.39 is 6.61 Å². The molecule has 0 bridgehead atoms. The van der Waals surface area contributed by atoms with Crippen LogP contribution in [0.4, 0.5) is 8.78 Å². The fraction of sp³-hybridized carbons (Fsp3) is 0.167. The Kier molecular flexibility index (Phi) is 3.80. The van der Waals surface area contributed by atoms with E-state index in [0.29, 0.717) is 11.0 Å². The summed E-state index contributed by atoms with van der Waals surface area (Å²) in [6.45, 7) is 1.02. The van der Waals surface area contributed by atoms with Crippen molar-refractivity contribution in [3.8, 4) is 16.5 Å². The van der Waals surface area contributed by atoms with Crippen LogP contribution in [0, 0.1) is 13.8 Å². The zero-order valence-electron chi connectivity index (χ0n) is 13.5. The van der Waals surface area contributed by atoms with E-state index in [1.807, 2.05) is 38.1 Å². The predicted octanol–water partition coefficient (Wildman–Crippen LogP) is 5.12. The maximum Gasteiger partial charge on any atom is 0.388 e. The van der Waals surface area contributed by atoms with Crippen molar-refractivity contribution in [2.45, 2.75) is 20.5 Å². The Morgan fingerprint density at radius 3 is 2.60 bits per heavy atom. The van der Waals surface area contributed by atoms with Crippen molar-refractivity contribution < 1.29 is 13.5 Å². The zero-order valence-corrected chi connectivity index (χ0v) is 14.3. The first kappa shape index (κ1) is 15.8. The van der Waals surface area contributed by atoms with Crippen molar-refractivity contribution in [3.63, 3.8) is 0 Å². The molecule has 0 saturated carbocycles. The Labute approximate surface area is 146 Å². The third-order valence-electron chi connectivity index (χ3n) is 3.75. The van der Waals surface area contributed by atoms with Crippen LogP contribution in [-0.2, 0) is 0 Å². The van der Waals surface area contributed by atoms with Gasteiger partial charge in [-0.05, 0) is 49.2 Å². The van der Waals surface area contributed by atoms with Gasteiger partial charge in [0.25, 0.3) is 0 Å². The molecule has 126 valence electrons. The first-order chi connectivity index (χ1) is 12.0. The first-order valence-electron chi connectivity index (χ1n) is 7.59. The Balaban J connectivity index is 1.90. The second-order valence-corrected chi connectivity index (χ2v) is 6.79. The predicted molar refractivity (Wildman–Crippen MR) is 94.3 cm³/mol. The number of halogens is 2. The van der Waals surface area contributed by atoms with Crippen LogP contribution in [0.1, 0.15) is 11.1 Å². The molecule has 2 heterocycles. The van der Waals surface area contributed by atoms with Gasteiger partial charge in [0, 0.05) is 5.56 Å². The van der Waals surface area contributed by atoms with E-state index >= 15 is 0 Å². The number of aromatic nitrogens is 3. The van der Waals surface area contributed by atoms with Crippen molar-refractivity contribution >= 4 is 32.6 Å². The Bertz CT molecular complexity index is 1090. The highest BCUT2D eigenvalue weighted by atomic mass is 32.1. The van der Waals surface area contributed by atoms with Gasteiger partial charge in [-0.2, -0.15) is 8.78 Å². The van der Waals surface area contributed by atoms with E-state index in [1.165, 1.54) is 6.20 Å². The molecule has 7 heteroatoms. The fourth-order valence-corrected chi connectivity index (χ4v) is 3.67. The molecule has 0 amide bonds. The number of nitrogens with zero attached hydrogens (tertiary/aromatic N) is 3. The molecule has 0 unspecified atom stereocenters. The van der Waals surface area contributed by atoms with E-state index in [9.17, 15) is 8.78 Å². The molecule has 0 atom stereocenters. The number of rotatable bonds is 3. The number of benzene rings is 2. The highest BCUT2D eigenvalue weighted by molar-refractivity contribution is 7.21. The summed E-state index contributed by atoms with van der Waals surface area (Å²) in [4.78, 5) is 13.1. The van der Waals surface area contributed by atoms with Crippen molar-refractivity contribution in [3.05, 3.63) is 47.7 Å². The van der Waals surface area contributed by atoms with Gasteiger partial charge in [0.05, 0.1) is 27.4 Å². The molecule has 4 rings (SSSR count). The average molecular weight is 357 g/mol. The molecular weight excluding hydrogens is 344 g/mol. The Morgan fingerprint density at radius 2 is 1.80 bits per heavy atom. The number of aryl methyl sites for hydroxylation is 2. The van der Waals surface area contributed by atoms with Crippen LogP contribution in [-0.4, -0.2) is 21.6 Å². The number of ether oxygens (including phenoxy) is 1. The van der Waals surface area contributed by atoms with Gasteiger partial charge < -0.3 is 4.74 Å². The lowest BCUT2D eigenvalue weighted by molar-refractivity contribution is -0.0528. The lowest BCUT2D eigenvalue weighted by Crippen LogP contribution is -2.04.